The molecule has 0 unspecified atom stereocenters. The van der Waals surface area contributed by atoms with Crippen LogP contribution < -0.4 is 25.1 Å². The van der Waals surface area contributed by atoms with Crippen molar-refractivity contribution in [2.45, 2.75) is 6.42 Å². The van der Waals surface area contributed by atoms with Gasteiger partial charge in [-0.3, -0.25) is 24.1 Å². The van der Waals surface area contributed by atoms with E-state index in [2.05, 4.69) is 15.3 Å². The number of carbonyl (C=O) groups excluding carboxylic acids is 1. The van der Waals surface area contributed by atoms with E-state index in [4.69, 9.17) is 18.9 Å². The number of aromatic nitrogens is 3. The number of hydrogen-bond acceptors (Lipinski definition) is 9. The molecule has 5 rings (SSSR count). The van der Waals surface area contributed by atoms with Gasteiger partial charge in [0.15, 0.2) is 17.3 Å². The average Bonchev–Trinajstić information content (AvgIpc) is 3.02. The number of nitrogens with zero attached hydrogens (tertiary/aromatic N) is 3. The SMILES string of the molecule is COCCNc1ccn(-c2ccccc2)c(=O)c1C(=O)Cc1ccc(Oc2ccnc3cc(OC)c(OC)cc23)cn1. The van der Waals surface area contributed by atoms with Gasteiger partial charge in [-0.05, 0) is 42.5 Å². The predicted octanol–water partition coefficient (Wildman–Crippen LogP) is 5.07. The number of fused-ring (bicyclic) bond motifs is 1. The van der Waals surface area contributed by atoms with Gasteiger partial charge in [-0.15, -0.1) is 0 Å². The van der Waals surface area contributed by atoms with Crippen molar-refractivity contribution in [1.82, 2.24) is 14.5 Å². The molecule has 1 N–H and O–H groups in total. The first kappa shape index (κ1) is 28.3. The van der Waals surface area contributed by atoms with E-state index >= 15 is 0 Å². The first-order chi connectivity index (χ1) is 20.5. The van der Waals surface area contributed by atoms with Crippen LogP contribution in [0.3, 0.4) is 0 Å². The van der Waals surface area contributed by atoms with Crippen molar-refractivity contribution >= 4 is 22.4 Å². The van der Waals surface area contributed by atoms with Crippen molar-refractivity contribution in [2.24, 2.45) is 0 Å². The topological polar surface area (TPSA) is 114 Å². The Morgan fingerprint density at radius 3 is 2.40 bits per heavy atom. The molecule has 0 saturated heterocycles. The minimum absolute atomic E-state index is 0.0622. The maximum Gasteiger partial charge on any atom is 0.268 e. The monoisotopic (exact) mass is 566 g/mol. The molecule has 0 aliphatic rings. The van der Waals surface area contributed by atoms with Gasteiger partial charge in [0.1, 0.15) is 17.1 Å². The lowest BCUT2D eigenvalue weighted by Gasteiger charge is -2.14. The Bertz CT molecular complexity index is 1750. The molecule has 0 aliphatic heterocycles. The van der Waals surface area contributed by atoms with Gasteiger partial charge >= 0.3 is 0 Å². The molecule has 0 atom stereocenters. The summed E-state index contributed by atoms with van der Waals surface area (Å²) in [6.45, 7) is 0.865. The van der Waals surface area contributed by atoms with Gasteiger partial charge in [-0.1, -0.05) is 18.2 Å². The summed E-state index contributed by atoms with van der Waals surface area (Å²) >= 11 is 0. The number of benzene rings is 2. The number of ether oxygens (including phenoxy) is 4. The van der Waals surface area contributed by atoms with E-state index in [1.54, 1.807) is 76.3 Å². The average molecular weight is 567 g/mol. The number of methoxy groups -OCH3 is 3. The summed E-state index contributed by atoms with van der Waals surface area (Å²) in [5, 5.41) is 3.88. The van der Waals surface area contributed by atoms with Crippen LogP contribution in [0.5, 0.6) is 23.0 Å². The molecular formula is C32H30N4O6. The van der Waals surface area contributed by atoms with Crippen LogP contribution in [0.15, 0.2) is 90.1 Å². The molecule has 5 aromatic rings. The molecule has 0 fully saturated rings. The highest BCUT2D eigenvalue weighted by Crippen LogP contribution is 2.36. The normalized spacial score (nSPS) is 10.8. The Labute approximate surface area is 242 Å². The zero-order valence-electron chi connectivity index (χ0n) is 23.5. The molecular weight excluding hydrogens is 536 g/mol. The Balaban J connectivity index is 1.39. The fraction of sp³-hybridized carbons (Fsp3) is 0.188. The van der Waals surface area contributed by atoms with Gasteiger partial charge in [0.2, 0.25) is 0 Å². The van der Waals surface area contributed by atoms with Gasteiger partial charge in [-0.2, -0.15) is 0 Å². The Hall–Kier alpha value is -5.22. The molecule has 2 aromatic carbocycles. The molecule has 3 aromatic heterocycles. The number of Topliss-reactive ketones (excluding diaryl/α,β-unsaturated/α-hetero) is 1. The fourth-order valence-electron chi connectivity index (χ4n) is 4.52. The molecule has 0 amide bonds. The van der Waals surface area contributed by atoms with Crippen LogP contribution in [0.4, 0.5) is 5.69 Å². The number of pyridine rings is 3. The fourth-order valence-corrected chi connectivity index (χ4v) is 4.52. The highest BCUT2D eigenvalue weighted by molar-refractivity contribution is 6.02. The summed E-state index contributed by atoms with van der Waals surface area (Å²) in [5.74, 6) is 1.80. The van der Waals surface area contributed by atoms with Crippen LogP contribution in [-0.2, 0) is 11.2 Å². The summed E-state index contributed by atoms with van der Waals surface area (Å²) in [6.07, 6.45) is 4.77. The van der Waals surface area contributed by atoms with E-state index in [9.17, 15) is 9.59 Å². The van der Waals surface area contributed by atoms with E-state index in [-0.39, 0.29) is 17.8 Å². The van der Waals surface area contributed by atoms with Crippen LogP contribution in [0.1, 0.15) is 16.1 Å². The highest BCUT2D eigenvalue weighted by atomic mass is 16.5. The number of rotatable bonds is 12. The number of para-hydroxylation sites is 1. The Kier molecular flexibility index (Phi) is 8.74. The lowest BCUT2D eigenvalue weighted by atomic mass is 10.1. The molecule has 214 valence electrons. The minimum atomic E-state index is -0.412. The van der Waals surface area contributed by atoms with Crippen LogP contribution in [0.25, 0.3) is 16.6 Å². The summed E-state index contributed by atoms with van der Waals surface area (Å²) in [4.78, 5) is 35.9. The van der Waals surface area contributed by atoms with Crippen molar-refractivity contribution in [3.05, 3.63) is 107 Å². The van der Waals surface area contributed by atoms with E-state index in [0.29, 0.717) is 58.7 Å². The second-order valence-corrected chi connectivity index (χ2v) is 9.26. The zero-order valence-corrected chi connectivity index (χ0v) is 23.5. The number of anilines is 1. The maximum atomic E-state index is 13.5. The molecule has 10 heteroatoms. The molecule has 42 heavy (non-hydrogen) atoms. The standard InChI is InChI=1S/C32H30N4O6/c1-39-16-14-34-25-12-15-36(22-7-5-4-6-8-22)32(38)31(25)27(37)17-21-9-10-23(20-35-21)42-28-11-13-33-26-19-30(41-3)29(40-2)18-24(26)28/h4-13,15,18-20,34H,14,16-17H2,1-3H3. The predicted molar refractivity (Wildman–Crippen MR) is 160 cm³/mol. The summed E-state index contributed by atoms with van der Waals surface area (Å²) in [5.41, 5.74) is 1.94. The molecule has 0 bridgehead atoms. The van der Waals surface area contributed by atoms with Gasteiger partial charge in [0.25, 0.3) is 5.56 Å². The van der Waals surface area contributed by atoms with E-state index in [1.165, 1.54) is 4.57 Å². The molecule has 3 heterocycles. The third kappa shape index (κ3) is 6.08. The van der Waals surface area contributed by atoms with E-state index in [1.807, 2.05) is 30.3 Å². The second-order valence-electron chi connectivity index (χ2n) is 9.26. The number of ketones is 1. The Morgan fingerprint density at radius 1 is 0.905 bits per heavy atom. The first-order valence-electron chi connectivity index (χ1n) is 13.2. The third-order valence-corrected chi connectivity index (χ3v) is 6.60. The van der Waals surface area contributed by atoms with E-state index in [0.717, 1.165) is 5.39 Å². The van der Waals surface area contributed by atoms with Crippen LogP contribution in [0, 0.1) is 0 Å². The van der Waals surface area contributed by atoms with Crippen LogP contribution in [0.2, 0.25) is 0 Å². The van der Waals surface area contributed by atoms with Crippen molar-refractivity contribution in [1.29, 1.82) is 0 Å². The zero-order chi connectivity index (χ0) is 29.5. The van der Waals surface area contributed by atoms with E-state index < -0.39 is 5.56 Å². The van der Waals surface area contributed by atoms with Crippen LogP contribution >= 0.6 is 0 Å². The van der Waals surface area contributed by atoms with Gasteiger partial charge in [-0.25, -0.2) is 0 Å². The number of nitrogens with one attached hydrogen (secondary N) is 1. The van der Waals surface area contributed by atoms with Crippen molar-refractivity contribution in [3.63, 3.8) is 0 Å². The lowest BCUT2D eigenvalue weighted by Crippen LogP contribution is -2.28. The first-order valence-corrected chi connectivity index (χ1v) is 13.2. The van der Waals surface area contributed by atoms with Gasteiger partial charge in [0.05, 0.1) is 44.6 Å². The summed E-state index contributed by atoms with van der Waals surface area (Å²) in [7, 11) is 4.72. The second kappa shape index (κ2) is 13.0. The molecule has 10 nitrogen and oxygen atoms in total. The lowest BCUT2D eigenvalue weighted by molar-refractivity contribution is 0.0991. The maximum absolute atomic E-state index is 13.5. The smallest absolute Gasteiger partial charge is 0.268 e. The summed E-state index contributed by atoms with van der Waals surface area (Å²) < 4.78 is 23.5. The van der Waals surface area contributed by atoms with Crippen molar-refractivity contribution < 1.29 is 23.7 Å². The number of hydrogen-bond donors (Lipinski definition) is 1. The van der Waals surface area contributed by atoms with Crippen molar-refractivity contribution in [2.75, 3.05) is 39.8 Å². The van der Waals surface area contributed by atoms with Crippen LogP contribution in [-0.4, -0.2) is 54.8 Å². The van der Waals surface area contributed by atoms with Crippen molar-refractivity contribution in [3.8, 4) is 28.7 Å². The van der Waals surface area contributed by atoms with Gasteiger partial charge < -0.3 is 24.3 Å². The summed E-state index contributed by atoms with van der Waals surface area (Å²) in [6, 6.07) is 19.7. The number of carbonyl (C=O) groups is 1. The molecule has 0 radical (unpaired) electrons. The molecule has 0 saturated carbocycles. The largest absolute Gasteiger partial charge is 0.493 e. The molecule has 0 aliphatic carbocycles. The Morgan fingerprint density at radius 2 is 1.69 bits per heavy atom. The van der Waals surface area contributed by atoms with Gasteiger partial charge in [0, 0.05) is 48.9 Å². The third-order valence-electron chi connectivity index (χ3n) is 6.60. The minimum Gasteiger partial charge on any atom is -0.493 e. The molecule has 0 spiro atoms. The highest BCUT2D eigenvalue weighted by Gasteiger charge is 2.20. The quantitative estimate of drug-likeness (QED) is 0.163.